The van der Waals surface area contributed by atoms with Crippen LogP contribution in [-0.4, -0.2) is 24.2 Å². The van der Waals surface area contributed by atoms with Gasteiger partial charge in [-0.3, -0.25) is 0 Å². The van der Waals surface area contributed by atoms with Crippen molar-refractivity contribution >= 4 is 11.6 Å². The number of alkyl halides is 1. The summed E-state index contributed by atoms with van der Waals surface area (Å²) in [6, 6.07) is 6.64. The lowest BCUT2D eigenvalue weighted by Gasteiger charge is -2.40. The normalized spacial score (nSPS) is 26.9. The SMILES string of the molecule is CCCOC1C(Cl)CC1OCc1ccccc1F. The van der Waals surface area contributed by atoms with Crippen molar-refractivity contribution in [3.63, 3.8) is 0 Å². The van der Waals surface area contributed by atoms with Crippen LogP contribution in [0.3, 0.4) is 0 Å². The van der Waals surface area contributed by atoms with Crippen LogP contribution >= 0.6 is 11.6 Å². The molecule has 18 heavy (non-hydrogen) atoms. The van der Waals surface area contributed by atoms with E-state index in [1.165, 1.54) is 6.07 Å². The van der Waals surface area contributed by atoms with E-state index in [1.54, 1.807) is 18.2 Å². The molecule has 0 aromatic heterocycles. The Morgan fingerprint density at radius 2 is 2.11 bits per heavy atom. The molecule has 1 aliphatic carbocycles. The molecule has 1 fully saturated rings. The Bertz CT molecular complexity index is 386. The highest BCUT2D eigenvalue weighted by molar-refractivity contribution is 6.21. The Hall–Kier alpha value is -0.640. The zero-order valence-corrected chi connectivity index (χ0v) is 11.2. The molecule has 1 aromatic carbocycles. The van der Waals surface area contributed by atoms with Gasteiger partial charge >= 0.3 is 0 Å². The summed E-state index contributed by atoms with van der Waals surface area (Å²) in [5.74, 6) is -0.231. The van der Waals surface area contributed by atoms with Crippen molar-refractivity contribution in [2.24, 2.45) is 0 Å². The zero-order valence-electron chi connectivity index (χ0n) is 10.4. The molecule has 0 saturated heterocycles. The summed E-state index contributed by atoms with van der Waals surface area (Å²) in [5, 5.41) is 0.0159. The van der Waals surface area contributed by atoms with Crippen molar-refractivity contribution in [1.29, 1.82) is 0 Å². The summed E-state index contributed by atoms with van der Waals surface area (Å²) in [5.41, 5.74) is 0.574. The van der Waals surface area contributed by atoms with Crippen LogP contribution in [0.4, 0.5) is 4.39 Å². The minimum Gasteiger partial charge on any atom is -0.374 e. The molecule has 1 aromatic rings. The smallest absolute Gasteiger partial charge is 0.128 e. The highest BCUT2D eigenvalue weighted by atomic mass is 35.5. The summed E-state index contributed by atoms with van der Waals surface area (Å²) in [6.07, 6.45) is 1.65. The minimum atomic E-state index is -0.231. The van der Waals surface area contributed by atoms with E-state index in [0.717, 1.165) is 12.8 Å². The second kappa shape index (κ2) is 6.50. The first-order valence-electron chi connectivity index (χ1n) is 6.33. The summed E-state index contributed by atoms with van der Waals surface area (Å²) in [7, 11) is 0. The third kappa shape index (κ3) is 3.22. The van der Waals surface area contributed by atoms with E-state index in [-0.39, 0.29) is 30.0 Å². The molecule has 0 amide bonds. The van der Waals surface area contributed by atoms with Crippen molar-refractivity contribution in [2.75, 3.05) is 6.61 Å². The lowest BCUT2D eigenvalue weighted by atomic mass is 9.91. The van der Waals surface area contributed by atoms with E-state index in [0.29, 0.717) is 12.2 Å². The van der Waals surface area contributed by atoms with Crippen LogP contribution < -0.4 is 0 Å². The van der Waals surface area contributed by atoms with Gasteiger partial charge in [0, 0.05) is 12.2 Å². The Balaban J connectivity index is 1.82. The number of rotatable bonds is 6. The van der Waals surface area contributed by atoms with E-state index in [9.17, 15) is 4.39 Å². The van der Waals surface area contributed by atoms with Crippen LogP contribution in [0.15, 0.2) is 24.3 Å². The number of ether oxygens (including phenoxy) is 2. The van der Waals surface area contributed by atoms with Crippen molar-refractivity contribution in [2.45, 2.75) is 44.0 Å². The molecule has 0 bridgehead atoms. The Morgan fingerprint density at radius 3 is 2.78 bits per heavy atom. The number of benzene rings is 1. The van der Waals surface area contributed by atoms with E-state index < -0.39 is 0 Å². The molecule has 4 heteroatoms. The summed E-state index contributed by atoms with van der Waals surface area (Å²) < 4.78 is 24.7. The maximum atomic E-state index is 13.4. The molecule has 100 valence electrons. The monoisotopic (exact) mass is 272 g/mol. The van der Waals surface area contributed by atoms with Gasteiger partial charge in [0.25, 0.3) is 0 Å². The van der Waals surface area contributed by atoms with Crippen molar-refractivity contribution in [3.05, 3.63) is 35.6 Å². The Labute approximate surface area is 112 Å². The van der Waals surface area contributed by atoms with Crippen LogP contribution in [0.25, 0.3) is 0 Å². The van der Waals surface area contributed by atoms with Crippen molar-refractivity contribution < 1.29 is 13.9 Å². The van der Waals surface area contributed by atoms with Crippen molar-refractivity contribution in [1.82, 2.24) is 0 Å². The van der Waals surface area contributed by atoms with E-state index >= 15 is 0 Å². The second-order valence-electron chi connectivity index (χ2n) is 4.53. The highest BCUT2D eigenvalue weighted by Gasteiger charge is 2.41. The van der Waals surface area contributed by atoms with Gasteiger partial charge in [-0.25, -0.2) is 4.39 Å². The fourth-order valence-corrected chi connectivity index (χ4v) is 2.38. The van der Waals surface area contributed by atoms with Gasteiger partial charge in [-0.1, -0.05) is 25.1 Å². The average molecular weight is 273 g/mol. The largest absolute Gasteiger partial charge is 0.374 e. The molecule has 3 atom stereocenters. The molecule has 0 spiro atoms. The first kappa shape index (κ1) is 13.8. The summed E-state index contributed by atoms with van der Waals surface area (Å²) in [6.45, 7) is 3.01. The van der Waals surface area contributed by atoms with Gasteiger partial charge in [-0.15, -0.1) is 11.6 Å². The molecule has 3 unspecified atom stereocenters. The predicted molar refractivity (Wildman–Crippen MR) is 69.3 cm³/mol. The van der Waals surface area contributed by atoms with Gasteiger partial charge in [0.1, 0.15) is 11.9 Å². The first-order chi connectivity index (χ1) is 8.72. The van der Waals surface area contributed by atoms with Crippen LogP contribution in [-0.2, 0) is 16.1 Å². The lowest BCUT2D eigenvalue weighted by molar-refractivity contribution is -0.130. The number of halogens is 2. The topological polar surface area (TPSA) is 18.5 Å². The Morgan fingerprint density at radius 1 is 1.33 bits per heavy atom. The zero-order chi connectivity index (χ0) is 13.0. The van der Waals surface area contributed by atoms with Gasteiger partial charge in [-0.2, -0.15) is 0 Å². The third-order valence-corrected chi connectivity index (χ3v) is 3.53. The number of hydrogen-bond donors (Lipinski definition) is 0. The maximum absolute atomic E-state index is 13.4. The third-order valence-electron chi connectivity index (χ3n) is 3.11. The van der Waals surface area contributed by atoms with E-state index in [1.807, 2.05) is 0 Å². The van der Waals surface area contributed by atoms with Crippen LogP contribution in [0, 0.1) is 5.82 Å². The van der Waals surface area contributed by atoms with Crippen LogP contribution in [0.1, 0.15) is 25.3 Å². The fourth-order valence-electron chi connectivity index (χ4n) is 1.97. The molecular formula is C14H18ClFO2. The van der Waals surface area contributed by atoms with Gasteiger partial charge in [0.2, 0.25) is 0 Å². The lowest BCUT2D eigenvalue weighted by Crippen LogP contribution is -2.51. The van der Waals surface area contributed by atoms with Crippen molar-refractivity contribution in [3.8, 4) is 0 Å². The quantitative estimate of drug-likeness (QED) is 0.738. The molecule has 1 saturated carbocycles. The van der Waals surface area contributed by atoms with E-state index in [4.69, 9.17) is 21.1 Å². The molecule has 1 aliphatic rings. The van der Waals surface area contributed by atoms with Crippen LogP contribution in [0.5, 0.6) is 0 Å². The standard InChI is InChI=1S/C14H18ClFO2/c1-2-7-17-14-11(15)8-13(14)18-9-10-5-3-4-6-12(10)16/h3-6,11,13-14H,2,7-9H2,1H3. The van der Waals surface area contributed by atoms with Crippen LogP contribution in [0.2, 0.25) is 0 Å². The van der Waals surface area contributed by atoms with Gasteiger partial charge < -0.3 is 9.47 Å². The van der Waals surface area contributed by atoms with Gasteiger partial charge in [0.15, 0.2) is 0 Å². The fraction of sp³-hybridized carbons (Fsp3) is 0.571. The molecule has 2 rings (SSSR count). The molecule has 0 aliphatic heterocycles. The molecule has 0 N–H and O–H groups in total. The average Bonchev–Trinajstić information content (AvgIpc) is 2.36. The Kier molecular flexibility index (Phi) is 4.98. The molecule has 2 nitrogen and oxygen atoms in total. The van der Waals surface area contributed by atoms with E-state index in [2.05, 4.69) is 6.92 Å². The minimum absolute atomic E-state index is 0.0151. The second-order valence-corrected chi connectivity index (χ2v) is 5.09. The molecule has 0 heterocycles. The maximum Gasteiger partial charge on any atom is 0.128 e. The van der Waals surface area contributed by atoms with Gasteiger partial charge in [-0.05, 0) is 18.9 Å². The first-order valence-corrected chi connectivity index (χ1v) is 6.76. The summed E-state index contributed by atoms with van der Waals surface area (Å²) >= 11 is 6.08. The highest BCUT2D eigenvalue weighted by Crippen LogP contribution is 2.32. The number of hydrogen-bond acceptors (Lipinski definition) is 2. The molecular weight excluding hydrogens is 255 g/mol. The predicted octanol–water partition coefficient (Wildman–Crippen LogP) is 3.52. The van der Waals surface area contributed by atoms with Gasteiger partial charge in [0.05, 0.1) is 18.1 Å². The molecule has 0 radical (unpaired) electrons. The summed E-state index contributed by atoms with van der Waals surface area (Å²) in [4.78, 5) is 0.